The lowest BCUT2D eigenvalue weighted by molar-refractivity contribution is 0.378. The van der Waals surface area contributed by atoms with Gasteiger partial charge in [0.25, 0.3) is 0 Å². The van der Waals surface area contributed by atoms with Crippen molar-refractivity contribution in [2.45, 2.75) is 51.0 Å². The zero-order valence-electron chi connectivity index (χ0n) is 9.84. The Kier molecular flexibility index (Phi) is 3.93. The Morgan fingerprint density at radius 3 is 2.94 bits per heavy atom. The third-order valence-electron chi connectivity index (χ3n) is 3.88. The van der Waals surface area contributed by atoms with E-state index in [-0.39, 0.29) is 5.54 Å². The molecule has 2 rings (SSSR count). The van der Waals surface area contributed by atoms with Gasteiger partial charge in [-0.25, -0.2) is 0 Å². The Morgan fingerprint density at radius 1 is 1.50 bits per heavy atom. The molecule has 1 aliphatic rings. The van der Waals surface area contributed by atoms with E-state index in [2.05, 4.69) is 12.3 Å². The van der Waals surface area contributed by atoms with Crippen LogP contribution in [0.3, 0.4) is 0 Å². The van der Waals surface area contributed by atoms with Crippen LogP contribution in [-0.2, 0) is 5.54 Å². The molecule has 0 amide bonds. The maximum absolute atomic E-state index is 6.57. The van der Waals surface area contributed by atoms with E-state index < -0.39 is 0 Å². The molecule has 1 aromatic heterocycles. The molecule has 16 heavy (non-hydrogen) atoms. The number of rotatable bonds is 2. The Morgan fingerprint density at radius 2 is 2.31 bits per heavy atom. The van der Waals surface area contributed by atoms with Crippen molar-refractivity contribution in [1.29, 1.82) is 0 Å². The molecule has 2 N–H and O–H groups in total. The van der Waals surface area contributed by atoms with E-state index in [4.69, 9.17) is 17.3 Å². The van der Waals surface area contributed by atoms with Crippen molar-refractivity contribution < 1.29 is 0 Å². The van der Waals surface area contributed by atoms with E-state index in [1.54, 1.807) is 11.3 Å². The van der Waals surface area contributed by atoms with Crippen LogP contribution >= 0.6 is 22.9 Å². The van der Waals surface area contributed by atoms with E-state index in [9.17, 15) is 0 Å². The molecule has 0 saturated heterocycles. The van der Waals surface area contributed by atoms with Gasteiger partial charge in [0.05, 0.1) is 10.6 Å². The van der Waals surface area contributed by atoms with Crippen LogP contribution in [0.4, 0.5) is 0 Å². The van der Waals surface area contributed by atoms with Crippen LogP contribution in [0, 0.1) is 5.92 Å². The molecule has 1 fully saturated rings. The van der Waals surface area contributed by atoms with Crippen molar-refractivity contribution in [3.63, 3.8) is 0 Å². The molecular formula is C13H20ClNS. The summed E-state index contributed by atoms with van der Waals surface area (Å²) in [5.74, 6) is 0.865. The Bertz CT molecular complexity index is 349. The minimum absolute atomic E-state index is 0.158. The van der Waals surface area contributed by atoms with Gasteiger partial charge in [0.2, 0.25) is 0 Å². The zero-order valence-corrected chi connectivity index (χ0v) is 11.4. The van der Waals surface area contributed by atoms with Crippen LogP contribution in [0.5, 0.6) is 0 Å². The topological polar surface area (TPSA) is 26.0 Å². The maximum atomic E-state index is 6.57. The maximum Gasteiger partial charge on any atom is 0.0564 e. The van der Waals surface area contributed by atoms with Crippen molar-refractivity contribution in [3.8, 4) is 0 Å². The second kappa shape index (κ2) is 5.07. The minimum atomic E-state index is -0.158. The molecule has 1 aliphatic carbocycles. The first-order valence-electron chi connectivity index (χ1n) is 6.18. The van der Waals surface area contributed by atoms with Crippen molar-refractivity contribution in [1.82, 2.24) is 0 Å². The third kappa shape index (κ3) is 2.44. The molecule has 0 aliphatic heterocycles. The molecule has 0 bridgehead atoms. The van der Waals surface area contributed by atoms with Gasteiger partial charge < -0.3 is 5.73 Å². The number of hydrogen-bond acceptors (Lipinski definition) is 2. The second-order valence-electron chi connectivity index (χ2n) is 4.96. The molecular weight excluding hydrogens is 238 g/mol. The molecule has 1 saturated carbocycles. The summed E-state index contributed by atoms with van der Waals surface area (Å²) in [6.07, 6.45) is 7.28. The predicted molar refractivity (Wildman–Crippen MR) is 72.1 cm³/mol. The van der Waals surface area contributed by atoms with Gasteiger partial charge in [0, 0.05) is 4.88 Å². The van der Waals surface area contributed by atoms with E-state index >= 15 is 0 Å². The van der Waals surface area contributed by atoms with E-state index in [0.717, 1.165) is 23.8 Å². The monoisotopic (exact) mass is 257 g/mol. The molecule has 2 atom stereocenters. The van der Waals surface area contributed by atoms with Crippen molar-refractivity contribution in [3.05, 3.63) is 21.3 Å². The van der Waals surface area contributed by atoms with Crippen LogP contribution in [0.15, 0.2) is 11.4 Å². The summed E-state index contributed by atoms with van der Waals surface area (Å²) in [5, 5.41) is 2.91. The fraction of sp³-hybridized carbons (Fsp3) is 0.692. The highest BCUT2D eigenvalue weighted by Crippen LogP contribution is 2.41. The van der Waals surface area contributed by atoms with Crippen molar-refractivity contribution in [2.75, 3.05) is 0 Å². The predicted octanol–water partition coefficient (Wildman–Crippen LogP) is 4.55. The second-order valence-corrected chi connectivity index (χ2v) is 6.28. The Labute approximate surface area is 107 Å². The van der Waals surface area contributed by atoms with Crippen LogP contribution < -0.4 is 5.73 Å². The summed E-state index contributed by atoms with van der Waals surface area (Å²) in [4.78, 5) is 1.20. The van der Waals surface area contributed by atoms with Gasteiger partial charge in [0.15, 0.2) is 0 Å². The van der Waals surface area contributed by atoms with Gasteiger partial charge in [-0.1, -0.05) is 37.8 Å². The largest absolute Gasteiger partial charge is 0.321 e. The van der Waals surface area contributed by atoms with Gasteiger partial charge in [-0.15, -0.1) is 11.3 Å². The van der Waals surface area contributed by atoms with Gasteiger partial charge in [-0.2, -0.15) is 0 Å². The lowest BCUT2D eigenvalue weighted by Gasteiger charge is -2.27. The van der Waals surface area contributed by atoms with Gasteiger partial charge >= 0.3 is 0 Å². The van der Waals surface area contributed by atoms with Crippen LogP contribution in [0.25, 0.3) is 0 Å². The number of thiophene rings is 1. The van der Waals surface area contributed by atoms with Gasteiger partial charge in [-0.05, 0) is 36.6 Å². The number of hydrogen-bond donors (Lipinski definition) is 1. The SMILES string of the molecule is CCC1CCCC(N)(c2sccc2Cl)CC1. The molecule has 2 unspecified atom stereocenters. The fourth-order valence-corrected chi connectivity index (χ4v) is 4.14. The molecule has 1 nitrogen and oxygen atoms in total. The van der Waals surface area contributed by atoms with Crippen LogP contribution in [-0.4, -0.2) is 0 Å². The van der Waals surface area contributed by atoms with Crippen LogP contribution in [0.2, 0.25) is 5.02 Å². The highest BCUT2D eigenvalue weighted by Gasteiger charge is 2.33. The van der Waals surface area contributed by atoms with Gasteiger partial charge in [-0.3, -0.25) is 0 Å². The Balaban J connectivity index is 2.16. The van der Waals surface area contributed by atoms with E-state index in [1.165, 1.54) is 30.6 Å². The summed E-state index contributed by atoms with van der Waals surface area (Å²) in [6.45, 7) is 2.28. The quantitative estimate of drug-likeness (QED) is 0.773. The molecule has 1 aromatic rings. The highest BCUT2D eigenvalue weighted by atomic mass is 35.5. The van der Waals surface area contributed by atoms with E-state index in [1.807, 2.05) is 6.07 Å². The lowest BCUT2D eigenvalue weighted by Crippen LogP contribution is -2.35. The highest BCUT2D eigenvalue weighted by molar-refractivity contribution is 7.10. The lowest BCUT2D eigenvalue weighted by atomic mass is 9.89. The molecule has 0 radical (unpaired) electrons. The fourth-order valence-electron chi connectivity index (χ4n) is 2.72. The van der Waals surface area contributed by atoms with Crippen molar-refractivity contribution in [2.24, 2.45) is 11.7 Å². The first kappa shape index (κ1) is 12.4. The average molecular weight is 258 g/mol. The first-order chi connectivity index (χ1) is 7.65. The summed E-state index contributed by atoms with van der Waals surface area (Å²) in [6, 6.07) is 1.97. The summed E-state index contributed by atoms with van der Waals surface area (Å²) in [5.41, 5.74) is 6.41. The molecule has 1 heterocycles. The van der Waals surface area contributed by atoms with Crippen molar-refractivity contribution >= 4 is 22.9 Å². The molecule has 0 spiro atoms. The molecule has 90 valence electrons. The molecule has 3 heteroatoms. The summed E-state index contributed by atoms with van der Waals surface area (Å²) in [7, 11) is 0. The third-order valence-corrected chi connectivity index (χ3v) is 5.44. The summed E-state index contributed by atoms with van der Waals surface area (Å²) >= 11 is 7.93. The van der Waals surface area contributed by atoms with Gasteiger partial charge in [0.1, 0.15) is 0 Å². The summed E-state index contributed by atoms with van der Waals surface area (Å²) < 4.78 is 0. The first-order valence-corrected chi connectivity index (χ1v) is 7.44. The van der Waals surface area contributed by atoms with Crippen LogP contribution in [0.1, 0.15) is 50.3 Å². The molecule has 0 aromatic carbocycles. The van der Waals surface area contributed by atoms with E-state index in [0.29, 0.717) is 0 Å². The zero-order chi connectivity index (χ0) is 11.6. The standard InChI is InChI=1S/C13H20ClNS/c1-2-10-4-3-7-13(15,8-5-10)12-11(14)6-9-16-12/h6,9-10H,2-5,7-8,15H2,1H3. The minimum Gasteiger partial charge on any atom is -0.321 e. The average Bonchev–Trinajstić information content (AvgIpc) is 2.60. The smallest absolute Gasteiger partial charge is 0.0564 e. The number of nitrogens with two attached hydrogens (primary N) is 1. The Hall–Kier alpha value is -0.0500. The number of halogens is 1. The normalized spacial score (nSPS) is 31.3.